The molecule has 6 heteroatoms. The zero-order valence-electron chi connectivity index (χ0n) is 13.1. The average molecular weight is 342 g/mol. The Morgan fingerprint density at radius 2 is 1.75 bits per heavy atom. The van der Waals surface area contributed by atoms with Crippen molar-refractivity contribution in [2.45, 2.75) is 17.9 Å². The van der Waals surface area contributed by atoms with Crippen molar-refractivity contribution in [3.05, 3.63) is 66.4 Å². The molecule has 124 valence electrons. The molecule has 5 nitrogen and oxygen atoms in total. The molecule has 1 unspecified atom stereocenters. The van der Waals surface area contributed by atoms with E-state index in [1.54, 1.807) is 24.3 Å². The molecule has 0 aliphatic rings. The van der Waals surface area contributed by atoms with Crippen LogP contribution in [-0.2, 0) is 10.0 Å². The molecule has 0 saturated carbocycles. The fourth-order valence-electron chi connectivity index (χ4n) is 2.73. The Kier molecular flexibility index (Phi) is 4.28. The Morgan fingerprint density at radius 1 is 1.00 bits per heavy atom. The summed E-state index contributed by atoms with van der Waals surface area (Å²) in [4.78, 5) is 0.0273. The van der Waals surface area contributed by atoms with Crippen molar-refractivity contribution in [2.75, 3.05) is 0 Å². The molecule has 0 fully saturated rings. The normalized spacial score (nSPS) is 13.0. The van der Waals surface area contributed by atoms with E-state index in [1.807, 2.05) is 31.2 Å². The largest absolute Gasteiger partial charge is 0.464 e. The van der Waals surface area contributed by atoms with Crippen LogP contribution in [0.4, 0.5) is 0 Å². The van der Waals surface area contributed by atoms with Crippen LogP contribution in [0, 0.1) is 0 Å². The summed E-state index contributed by atoms with van der Waals surface area (Å²) in [6.07, 6.45) is 1.49. The zero-order chi connectivity index (χ0) is 17.3. The van der Waals surface area contributed by atoms with E-state index in [0.717, 1.165) is 16.7 Å². The molecule has 0 aliphatic heterocycles. The second-order valence-electron chi connectivity index (χ2n) is 5.61. The lowest BCUT2D eigenvalue weighted by Gasteiger charge is -2.14. The third-order valence-corrected chi connectivity index (χ3v) is 4.80. The van der Waals surface area contributed by atoms with Gasteiger partial charge in [0, 0.05) is 11.6 Å². The highest BCUT2D eigenvalue weighted by Gasteiger charge is 2.19. The average Bonchev–Trinajstić information content (AvgIpc) is 3.08. The summed E-state index contributed by atoms with van der Waals surface area (Å²) in [7, 11) is -3.87. The lowest BCUT2D eigenvalue weighted by atomic mass is 9.94. The van der Waals surface area contributed by atoms with Gasteiger partial charge in [-0.05, 0) is 47.9 Å². The maximum atomic E-state index is 11.9. The van der Waals surface area contributed by atoms with Crippen LogP contribution in [0.25, 0.3) is 22.5 Å². The minimum atomic E-state index is -3.87. The summed E-state index contributed by atoms with van der Waals surface area (Å²) in [6.45, 7) is 1.91. The molecule has 0 bridgehead atoms. The topological polar surface area (TPSA) is 99.3 Å². The van der Waals surface area contributed by atoms with Gasteiger partial charge in [0.25, 0.3) is 0 Å². The van der Waals surface area contributed by atoms with Crippen LogP contribution in [-0.4, -0.2) is 8.42 Å². The molecule has 1 heterocycles. The first-order chi connectivity index (χ1) is 11.4. The number of primary sulfonamides is 1. The van der Waals surface area contributed by atoms with Crippen LogP contribution >= 0.6 is 0 Å². The van der Waals surface area contributed by atoms with Crippen molar-refractivity contribution in [1.82, 2.24) is 0 Å². The number of hydrogen-bond donors (Lipinski definition) is 2. The summed E-state index contributed by atoms with van der Waals surface area (Å²) in [5.41, 5.74) is 9.25. The monoisotopic (exact) mass is 342 g/mol. The van der Waals surface area contributed by atoms with E-state index in [2.05, 4.69) is 0 Å². The van der Waals surface area contributed by atoms with Gasteiger partial charge in [0.2, 0.25) is 10.0 Å². The molecular formula is C18H18N2O3S. The Hall–Kier alpha value is -2.41. The first-order valence-corrected chi connectivity index (χ1v) is 8.98. The summed E-state index contributed by atoms with van der Waals surface area (Å²) >= 11 is 0. The molecule has 3 rings (SSSR count). The molecule has 0 radical (unpaired) electrons. The highest BCUT2D eigenvalue weighted by molar-refractivity contribution is 7.89. The van der Waals surface area contributed by atoms with Crippen LogP contribution in [0.3, 0.4) is 0 Å². The molecular weight excluding hydrogens is 324 g/mol. The molecule has 0 spiro atoms. The van der Waals surface area contributed by atoms with Crippen LogP contribution in [0.2, 0.25) is 0 Å². The van der Waals surface area contributed by atoms with Gasteiger partial charge in [0.15, 0.2) is 0 Å². The minimum Gasteiger partial charge on any atom is -0.464 e. The van der Waals surface area contributed by atoms with Gasteiger partial charge in [-0.3, -0.25) is 0 Å². The van der Waals surface area contributed by atoms with E-state index in [4.69, 9.17) is 15.3 Å². The van der Waals surface area contributed by atoms with Crippen molar-refractivity contribution in [3.63, 3.8) is 0 Å². The van der Waals surface area contributed by atoms with E-state index in [0.29, 0.717) is 11.3 Å². The van der Waals surface area contributed by atoms with E-state index in [-0.39, 0.29) is 10.9 Å². The maximum Gasteiger partial charge on any atom is 0.238 e. The van der Waals surface area contributed by atoms with Gasteiger partial charge in [0.1, 0.15) is 5.76 Å². The lowest BCUT2D eigenvalue weighted by molar-refractivity contribution is 0.577. The number of rotatable bonds is 4. The molecule has 0 saturated heterocycles. The van der Waals surface area contributed by atoms with Gasteiger partial charge in [-0.25, -0.2) is 13.6 Å². The van der Waals surface area contributed by atoms with Crippen molar-refractivity contribution in [2.24, 2.45) is 10.9 Å². The first kappa shape index (κ1) is 16.4. The highest BCUT2D eigenvalue weighted by atomic mass is 32.2. The number of sulfonamides is 1. The number of nitrogens with two attached hydrogens (primary N) is 2. The number of benzene rings is 2. The second kappa shape index (κ2) is 6.24. The smallest absolute Gasteiger partial charge is 0.238 e. The molecule has 0 amide bonds. The minimum absolute atomic E-state index is 0.0273. The molecule has 0 aliphatic carbocycles. The summed E-state index contributed by atoms with van der Waals surface area (Å²) in [6, 6.07) is 16.0. The van der Waals surface area contributed by atoms with Gasteiger partial charge >= 0.3 is 0 Å². The second-order valence-corrected chi connectivity index (χ2v) is 7.14. The third-order valence-electron chi connectivity index (χ3n) is 3.84. The van der Waals surface area contributed by atoms with Crippen LogP contribution in [0.1, 0.15) is 18.5 Å². The predicted molar refractivity (Wildman–Crippen MR) is 93.6 cm³/mol. The molecule has 2 aromatic carbocycles. The third kappa shape index (κ3) is 3.12. The van der Waals surface area contributed by atoms with Crippen molar-refractivity contribution < 1.29 is 12.8 Å². The Bertz CT molecular complexity index is 962. The molecule has 1 atom stereocenters. The molecule has 4 N–H and O–H groups in total. The van der Waals surface area contributed by atoms with Gasteiger partial charge in [0.05, 0.1) is 11.2 Å². The fraction of sp³-hybridized carbons (Fsp3) is 0.111. The first-order valence-electron chi connectivity index (χ1n) is 7.43. The zero-order valence-corrected chi connectivity index (χ0v) is 14.0. The Balaban J connectivity index is 2.25. The Morgan fingerprint density at radius 3 is 2.38 bits per heavy atom. The molecule has 24 heavy (non-hydrogen) atoms. The van der Waals surface area contributed by atoms with Gasteiger partial charge in [-0.1, -0.05) is 30.3 Å². The molecule has 3 aromatic rings. The summed E-state index contributed by atoms with van der Waals surface area (Å²) in [5, 5.41) is 5.34. The van der Waals surface area contributed by atoms with E-state index >= 15 is 0 Å². The predicted octanol–water partition coefficient (Wildman–Crippen LogP) is 3.28. The van der Waals surface area contributed by atoms with Crippen molar-refractivity contribution >= 4 is 10.0 Å². The van der Waals surface area contributed by atoms with Crippen molar-refractivity contribution in [1.29, 1.82) is 0 Å². The van der Waals surface area contributed by atoms with Gasteiger partial charge in [-0.2, -0.15) is 0 Å². The van der Waals surface area contributed by atoms with Crippen LogP contribution < -0.4 is 10.9 Å². The van der Waals surface area contributed by atoms with Crippen LogP contribution in [0.5, 0.6) is 0 Å². The van der Waals surface area contributed by atoms with Gasteiger partial charge in [-0.15, -0.1) is 0 Å². The quantitative estimate of drug-likeness (QED) is 0.760. The van der Waals surface area contributed by atoms with Crippen LogP contribution in [0.15, 0.2) is 70.2 Å². The SMILES string of the molecule is CC(N)c1ccccc1-c1ccc(S(N)(=O)=O)c(-c2ccco2)c1. The number of furan rings is 1. The summed E-state index contributed by atoms with van der Waals surface area (Å²) < 4.78 is 29.2. The van der Waals surface area contributed by atoms with Gasteiger partial charge < -0.3 is 10.2 Å². The van der Waals surface area contributed by atoms with E-state index in [1.165, 1.54) is 12.3 Å². The Labute approximate surface area is 141 Å². The van der Waals surface area contributed by atoms with E-state index < -0.39 is 10.0 Å². The molecule has 1 aromatic heterocycles. The van der Waals surface area contributed by atoms with Crippen molar-refractivity contribution in [3.8, 4) is 22.5 Å². The van der Waals surface area contributed by atoms with E-state index in [9.17, 15) is 8.42 Å². The number of hydrogen-bond acceptors (Lipinski definition) is 4. The summed E-state index contributed by atoms with van der Waals surface area (Å²) in [5.74, 6) is 0.444. The fourth-order valence-corrected chi connectivity index (χ4v) is 3.45. The lowest BCUT2D eigenvalue weighted by Crippen LogP contribution is -2.13. The standard InChI is InChI=1S/C18H18N2O3S/c1-12(19)14-5-2-3-6-15(14)13-8-9-18(24(20,21)22)16(11-13)17-7-4-10-23-17/h2-12H,19H2,1H3,(H2,20,21,22). The highest BCUT2D eigenvalue weighted by Crippen LogP contribution is 2.34. The maximum absolute atomic E-state index is 11.9.